The molecule has 5 nitrogen and oxygen atoms in total. The highest BCUT2D eigenvalue weighted by Gasteiger charge is 2.17. The number of aromatic nitrogens is 3. The zero-order valence-corrected chi connectivity index (χ0v) is 16.0. The molecule has 3 rings (SSSR count). The Morgan fingerprint density at radius 2 is 1.88 bits per heavy atom. The molecule has 0 N–H and O–H groups in total. The summed E-state index contributed by atoms with van der Waals surface area (Å²) >= 11 is 1.75. The van der Waals surface area contributed by atoms with Gasteiger partial charge in [-0.05, 0) is 26.3 Å². The molecule has 0 atom stereocenters. The topological polar surface area (TPSA) is 55.1 Å². The van der Waals surface area contributed by atoms with E-state index >= 15 is 0 Å². The third kappa shape index (κ3) is 4.32. The number of benzene rings is 1. The van der Waals surface area contributed by atoms with Crippen molar-refractivity contribution in [3.8, 4) is 10.6 Å². The van der Waals surface area contributed by atoms with Crippen LogP contribution >= 0.6 is 11.3 Å². The second-order valence-electron chi connectivity index (χ2n) is 6.39. The van der Waals surface area contributed by atoms with Crippen molar-refractivity contribution in [2.75, 3.05) is 0 Å². The fraction of sp³-hybridized carbons (Fsp3) is 0.421. The minimum Gasteiger partial charge on any atom is -0.424 e. The molecular formula is C19H24N4OS. The van der Waals surface area contributed by atoms with E-state index < -0.39 is 0 Å². The van der Waals surface area contributed by atoms with Crippen LogP contribution < -0.4 is 0 Å². The molecule has 0 aliphatic heterocycles. The van der Waals surface area contributed by atoms with Crippen molar-refractivity contribution in [2.45, 2.75) is 53.2 Å². The molecule has 0 fully saturated rings. The highest BCUT2D eigenvalue weighted by atomic mass is 32.1. The van der Waals surface area contributed by atoms with Crippen molar-refractivity contribution < 1.29 is 4.42 Å². The van der Waals surface area contributed by atoms with E-state index in [-0.39, 0.29) is 0 Å². The normalized spacial score (nSPS) is 11.6. The first-order valence-electron chi connectivity index (χ1n) is 8.62. The van der Waals surface area contributed by atoms with Crippen LogP contribution in [0.5, 0.6) is 0 Å². The molecule has 0 saturated heterocycles. The SMILES string of the molecule is CCc1nnc(CN(Cc2cnc(-c3ccccc3C)s2)C(C)C)o1. The van der Waals surface area contributed by atoms with Crippen LogP contribution in [0.15, 0.2) is 34.9 Å². The lowest BCUT2D eigenvalue weighted by atomic mass is 10.1. The summed E-state index contributed by atoms with van der Waals surface area (Å²) in [4.78, 5) is 8.18. The van der Waals surface area contributed by atoms with E-state index in [1.165, 1.54) is 16.0 Å². The van der Waals surface area contributed by atoms with Gasteiger partial charge in [-0.2, -0.15) is 0 Å². The van der Waals surface area contributed by atoms with Crippen molar-refractivity contribution in [3.63, 3.8) is 0 Å². The van der Waals surface area contributed by atoms with Crippen LogP contribution in [-0.4, -0.2) is 26.1 Å². The maximum Gasteiger partial charge on any atom is 0.230 e. The van der Waals surface area contributed by atoms with Crippen LogP contribution in [0.25, 0.3) is 10.6 Å². The number of aryl methyl sites for hydroxylation is 2. The Morgan fingerprint density at radius 1 is 1.12 bits per heavy atom. The zero-order chi connectivity index (χ0) is 17.8. The molecule has 0 saturated carbocycles. The van der Waals surface area contributed by atoms with Gasteiger partial charge in [-0.3, -0.25) is 4.90 Å². The molecule has 1 aromatic carbocycles. The van der Waals surface area contributed by atoms with Crippen LogP contribution in [0.1, 0.15) is 43.0 Å². The van der Waals surface area contributed by atoms with E-state index in [0.717, 1.165) is 18.0 Å². The Morgan fingerprint density at radius 3 is 2.56 bits per heavy atom. The summed E-state index contributed by atoms with van der Waals surface area (Å²) in [5, 5.41) is 9.27. The average Bonchev–Trinajstić information content (AvgIpc) is 3.24. The van der Waals surface area contributed by atoms with Gasteiger partial charge >= 0.3 is 0 Å². The maximum absolute atomic E-state index is 5.67. The fourth-order valence-corrected chi connectivity index (χ4v) is 3.64. The van der Waals surface area contributed by atoms with Crippen LogP contribution in [0.2, 0.25) is 0 Å². The van der Waals surface area contributed by atoms with Crippen LogP contribution in [0.3, 0.4) is 0 Å². The molecule has 0 aliphatic carbocycles. The van der Waals surface area contributed by atoms with Gasteiger partial charge in [-0.1, -0.05) is 31.2 Å². The van der Waals surface area contributed by atoms with E-state index in [2.05, 4.69) is 65.1 Å². The molecule has 0 aliphatic rings. The van der Waals surface area contributed by atoms with E-state index in [9.17, 15) is 0 Å². The van der Waals surface area contributed by atoms with E-state index in [1.807, 2.05) is 13.1 Å². The van der Waals surface area contributed by atoms with Crippen molar-refractivity contribution in [1.82, 2.24) is 20.1 Å². The monoisotopic (exact) mass is 356 g/mol. The molecule has 6 heteroatoms. The first-order chi connectivity index (χ1) is 12.1. The van der Waals surface area contributed by atoms with Gasteiger partial charge in [-0.15, -0.1) is 21.5 Å². The minimum absolute atomic E-state index is 0.376. The van der Waals surface area contributed by atoms with Gasteiger partial charge in [0.15, 0.2) is 0 Å². The van der Waals surface area contributed by atoms with Gasteiger partial charge in [0.25, 0.3) is 0 Å². The van der Waals surface area contributed by atoms with E-state index in [1.54, 1.807) is 11.3 Å². The summed E-state index contributed by atoms with van der Waals surface area (Å²) in [6.45, 7) is 9.98. The molecular weight excluding hydrogens is 332 g/mol. The van der Waals surface area contributed by atoms with E-state index in [4.69, 9.17) is 4.42 Å². The summed E-state index contributed by atoms with van der Waals surface area (Å²) in [6, 6.07) is 8.75. The highest BCUT2D eigenvalue weighted by molar-refractivity contribution is 7.15. The zero-order valence-electron chi connectivity index (χ0n) is 15.2. The number of thiazole rings is 1. The standard InChI is InChI=1S/C19H24N4OS/c1-5-17-21-22-18(24-17)12-23(13(2)3)11-15-10-20-19(25-15)16-9-7-6-8-14(16)4/h6-10,13H,5,11-12H2,1-4H3. The quantitative estimate of drug-likeness (QED) is 0.625. The average molecular weight is 356 g/mol. The van der Waals surface area contributed by atoms with Gasteiger partial charge in [0.05, 0.1) is 6.54 Å². The lowest BCUT2D eigenvalue weighted by Gasteiger charge is -2.23. The molecule has 0 amide bonds. The Labute approximate surface area is 152 Å². The lowest BCUT2D eigenvalue weighted by molar-refractivity contribution is 0.184. The predicted octanol–water partition coefficient (Wildman–Crippen LogP) is 4.47. The Balaban J connectivity index is 1.73. The summed E-state index contributed by atoms with van der Waals surface area (Å²) in [5.74, 6) is 1.37. The second kappa shape index (κ2) is 7.89. The molecule has 0 unspecified atom stereocenters. The Hall–Kier alpha value is -2.05. The molecule has 0 bridgehead atoms. The molecule has 132 valence electrons. The van der Waals surface area contributed by atoms with Gasteiger partial charge in [-0.25, -0.2) is 4.98 Å². The Kier molecular flexibility index (Phi) is 5.60. The summed E-state index contributed by atoms with van der Waals surface area (Å²) in [7, 11) is 0. The lowest BCUT2D eigenvalue weighted by Crippen LogP contribution is -2.29. The largest absolute Gasteiger partial charge is 0.424 e. The summed E-state index contributed by atoms with van der Waals surface area (Å²) in [5.41, 5.74) is 2.46. The third-order valence-corrected chi connectivity index (χ3v) is 5.18. The van der Waals surface area contributed by atoms with Crippen LogP contribution in [0.4, 0.5) is 0 Å². The molecule has 3 aromatic rings. The first kappa shape index (κ1) is 17.8. The van der Waals surface area contributed by atoms with Gasteiger partial charge in [0.1, 0.15) is 5.01 Å². The van der Waals surface area contributed by atoms with Crippen LogP contribution in [-0.2, 0) is 19.5 Å². The maximum atomic E-state index is 5.67. The molecule has 2 heterocycles. The predicted molar refractivity (Wildman–Crippen MR) is 100 cm³/mol. The number of hydrogen-bond acceptors (Lipinski definition) is 6. The summed E-state index contributed by atoms with van der Waals surface area (Å²) < 4.78 is 5.67. The smallest absolute Gasteiger partial charge is 0.230 e. The number of nitrogens with zero attached hydrogens (tertiary/aromatic N) is 4. The minimum atomic E-state index is 0.376. The number of rotatable bonds is 7. The third-order valence-electron chi connectivity index (χ3n) is 4.17. The van der Waals surface area contributed by atoms with Gasteiger partial charge in [0.2, 0.25) is 11.8 Å². The van der Waals surface area contributed by atoms with Crippen LogP contribution in [0, 0.1) is 6.92 Å². The van der Waals surface area contributed by atoms with Gasteiger partial charge in [0, 0.05) is 35.6 Å². The molecule has 25 heavy (non-hydrogen) atoms. The second-order valence-corrected chi connectivity index (χ2v) is 7.50. The highest BCUT2D eigenvalue weighted by Crippen LogP contribution is 2.28. The molecule has 0 radical (unpaired) electrons. The van der Waals surface area contributed by atoms with Crippen molar-refractivity contribution in [3.05, 3.63) is 52.7 Å². The molecule has 2 aromatic heterocycles. The first-order valence-corrected chi connectivity index (χ1v) is 9.44. The number of hydrogen-bond donors (Lipinski definition) is 0. The van der Waals surface area contributed by atoms with Crippen molar-refractivity contribution >= 4 is 11.3 Å². The fourth-order valence-electron chi connectivity index (χ4n) is 2.61. The van der Waals surface area contributed by atoms with Crippen molar-refractivity contribution in [1.29, 1.82) is 0 Å². The van der Waals surface area contributed by atoms with E-state index in [0.29, 0.717) is 24.4 Å². The Bertz CT molecular complexity index is 824. The molecule has 0 spiro atoms. The van der Waals surface area contributed by atoms with Crippen molar-refractivity contribution in [2.24, 2.45) is 0 Å². The van der Waals surface area contributed by atoms with Gasteiger partial charge < -0.3 is 4.42 Å². The summed E-state index contributed by atoms with van der Waals surface area (Å²) in [6.07, 6.45) is 2.75.